The van der Waals surface area contributed by atoms with Crippen LogP contribution in [-0.2, 0) is 14.8 Å². The second kappa shape index (κ2) is 6.39. The Kier molecular flexibility index (Phi) is 5.13. The summed E-state index contributed by atoms with van der Waals surface area (Å²) < 4.78 is 28.6. The molecule has 0 heterocycles. The van der Waals surface area contributed by atoms with Crippen LogP contribution < -0.4 is 15.8 Å². The van der Waals surface area contributed by atoms with Crippen molar-refractivity contribution in [1.82, 2.24) is 4.72 Å². The molecule has 0 aliphatic rings. The van der Waals surface area contributed by atoms with E-state index in [1.54, 1.807) is 12.1 Å². The molecular weight excluding hydrogens is 270 g/mol. The second-order valence-corrected chi connectivity index (χ2v) is 5.72. The Labute approximate surface area is 112 Å². The van der Waals surface area contributed by atoms with Gasteiger partial charge in [0.05, 0.1) is 30.3 Å². The van der Waals surface area contributed by atoms with Crippen molar-refractivity contribution in [1.29, 1.82) is 0 Å². The van der Waals surface area contributed by atoms with Gasteiger partial charge in [0.25, 0.3) is 0 Å². The standard InChI is InChI=1S/C11H17N3O4S/c1-18-11(15)8-3-4-10(9(12)7-8)13-5-6-14-19(2,16)17/h3-4,7,13-14H,5-6,12H2,1-2H3. The zero-order valence-electron chi connectivity index (χ0n) is 10.8. The van der Waals surface area contributed by atoms with E-state index in [4.69, 9.17) is 5.73 Å². The third kappa shape index (κ3) is 5.14. The molecule has 0 amide bonds. The van der Waals surface area contributed by atoms with E-state index in [1.807, 2.05) is 0 Å². The average molecular weight is 287 g/mol. The van der Waals surface area contributed by atoms with Crippen LogP contribution >= 0.6 is 0 Å². The van der Waals surface area contributed by atoms with Crippen LogP contribution in [0.4, 0.5) is 11.4 Å². The monoisotopic (exact) mass is 287 g/mol. The quantitative estimate of drug-likeness (QED) is 0.386. The van der Waals surface area contributed by atoms with Gasteiger partial charge in [0.2, 0.25) is 10.0 Å². The molecule has 0 radical (unpaired) electrons. The Morgan fingerprint density at radius 2 is 2.05 bits per heavy atom. The summed E-state index contributed by atoms with van der Waals surface area (Å²) in [6.45, 7) is 0.631. The first kappa shape index (κ1) is 15.3. The van der Waals surface area contributed by atoms with Crippen molar-refractivity contribution in [3.63, 3.8) is 0 Å². The van der Waals surface area contributed by atoms with Crippen molar-refractivity contribution in [2.45, 2.75) is 0 Å². The van der Waals surface area contributed by atoms with Crippen LogP contribution in [0.3, 0.4) is 0 Å². The van der Waals surface area contributed by atoms with Crippen molar-refractivity contribution in [3.05, 3.63) is 23.8 Å². The van der Waals surface area contributed by atoms with Gasteiger partial charge in [0, 0.05) is 13.1 Å². The molecule has 0 unspecified atom stereocenters. The van der Waals surface area contributed by atoms with Gasteiger partial charge in [-0.05, 0) is 18.2 Å². The van der Waals surface area contributed by atoms with Crippen molar-refractivity contribution in [3.8, 4) is 0 Å². The molecule has 0 fully saturated rings. The van der Waals surface area contributed by atoms with Gasteiger partial charge in [-0.3, -0.25) is 0 Å². The Balaban J connectivity index is 2.58. The molecule has 0 saturated heterocycles. The number of nitrogens with two attached hydrogens (primary N) is 1. The molecule has 0 aliphatic carbocycles. The molecule has 1 aromatic rings. The van der Waals surface area contributed by atoms with Crippen molar-refractivity contribution in [2.75, 3.05) is 37.5 Å². The van der Waals surface area contributed by atoms with Gasteiger partial charge < -0.3 is 15.8 Å². The minimum Gasteiger partial charge on any atom is -0.465 e. The van der Waals surface area contributed by atoms with E-state index >= 15 is 0 Å². The Morgan fingerprint density at radius 3 is 2.58 bits per heavy atom. The molecule has 0 aliphatic heterocycles. The number of nitrogen functional groups attached to an aromatic ring is 1. The molecular formula is C11H17N3O4S. The number of sulfonamides is 1. The highest BCUT2D eigenvalue weighted by atomic mass is 32.2. The third-order valence-electron chi connectivity index (χ3n) is 2.28. The molecule has 1 rings (SSSR count). The maximum absolute atomic E-state index is 11.3. The fourth-order valence-corrected chi connectivity index (χ4v) is 1.87. The lowest BCUT2D eigenvalue weighted by Gasteiger charge is -2.10. The number of nitrogens with one attached hydrogen (secondary N) is 2. The SMILES string of the molecule is COC(=O)c1ccc(NCCNS(C)(=O)=O)c(N)c1. The number of carbonyl (C=O) groups excluding carboxylic acids is 1. The summed E-state index contributed by atoms with van der Waals surface area (Å²) in [5, 5.41) is 2.97. The molecule has 4 N–H and O–H groups in total. The van der Waals surface area contributed by atoms with Gasteiger partial charge in [0.1, 0.15) is 0 Å². The first-order valence-electron chi connectivity index (χ1n) is 5.50. The lowest BCUT2D eigenvalue weighted by atomic mass is 10.1. The van der Waals surface area contributed by atoms with E-state index in [0.717, 1.165) is 6.26 Å². The smallest absolute Gasteiger partial charge is 0.337 e. The van der Waals surface area contributed by atoms with Crippen LogP contribution in [-0.4, -0.2) is 40.8 Å². The number of methoxy groups -OCH3 is 1. The molecule has 0 aromatic heterocycles. The molecule has 0 saturated carbocycles. The van der Waals surface area contributed by atoms with Crippen molar-refractivity contribution in [2.24, 2.45) is 0 Å². The first-order valence-corrected chi connectivity index (χ1v) is 7.39. The van der Waals surface area contributed by atoms with Crippen molar-refractivity contribution >= 4 is 27.4 Å². The molecule has 0 spiro atoms. The fourth-order valence-electron chi connectivity index (χ4n) is 1.40. The fraction of sp³-hybridized carbons (Fsp3) is 0.364. The highest BCUT2D eigenvalue weighted by Crippen LogP contribution is 2.19. The molecule has 8 heteroatoms. The van der Waals surface area contributed by atoms with Gasteiger partial charge in [-0.1, -0.05) is 0 Å². The highest BCUT2D eigenvalue weighted by Gasteiger charge is 2.07. The maximum Gasteiger partial charge on any atom is 0.337 e. The number of hydrogen-bond acceptors (Lipinski definition) is 6. The lowest BCUT2D eigenvalue weighted by molar-refractivity contribution is 0.0601. The Bertz CT molecular complexity index is 557. The van der Waals surface area contributed by atoms with Gasteiger partial charge in [-0.25, -0.2) is 17.9 Å². The largest absolute Gasteiger partial charge is 0.465 e. The minimum atomic E-state index is -3.19. The number of benzene rings is 1. The van der Waals surface area contributed by atoms with E-state index in [0.29, 0.717) is 23.5 Å². The normalized spacial score (nSPS) is 11.1. The summed E-state index contributed by atoms with van der Waals surface area (Å²) in [5.74, 6) is -0.461. The number of carbonyl (C=O) groups is 1. The molecule has 106 valence electrons. The predicted molar refractivity (Wildman–Crippen MR) is 73.5 cm³/mol. The molecule has 7 nitrogen and oxygen atoms in total. The summed E-state index contributed by atoms with van der Waals surface area (Å²) in [7, 11) is -1.90. The zero-order chi connectivity index (χ0) is 14.5. The summed E-state index contributed by atoms with van der Waals surface area (Å²) in [6, 6.07) is 4.72. The Hall–Kier alpha value is -1.80. The van der Waals surface area contributed by atoms with Crippen molar-refractivity contribution < 1.29 is 17.9 Å². The number of hydrogen-bond donors (Lipinski definition) is 3. The molecule has 0 bridgehead atoms. The van der Waals surface area contributed by atoms with Gasteiger partial charge in [-0.15, -0.1) is 0 Å². The van der Waals surface area contributed by atoms with Gasteiger partial charge in [0.15, 0.2) is 0 Å². The van der Waals surface area contributed by atoms with Crippen LogP contribution in [0, 0.1) is 0 Å². The number of ether oxygens (including phenoxy) is 1. The summed E-state index contributed by atoms with van der Waals surface area (Å²) >= 11 is 0. The molecule has 0 atom stereocenters. The summed E-state index contributed by atoms with van der Waals surface area (Å²) in [6.07, 6.45) is 1.09. The van der Waals surface area contributed by atoms with Crippen LogP contribution in [0.15, 0.2) is 18.2 Å². The highest BCUT2D eigenvalue weighted by molar-refractivity contribution is 7.88. The lowest BCUT2D eigenvalue weighted by Crippen LogP contribution is -2.27. The predicted octanol–water partition coefficient (Wildman–Crippen LogP) is 0.0165. The Morgan fingerprint density at radius 1 is 1.37 bits per heavy atom. The van der Waals surface area contributed by atoms with Gasteiger partial charge >= 0.3 is 5.97 Å². The van der Waals surface area contributed by atoms with E-state index < -0.39 is 16.0 Å². The zero-order valence-corrected chi connectivity index (χ0v) is 11.6. The molecule has 19 heavy (non-hydrogen) atoms. The second-order valence-electron chi connectivity index (χ2n) is 3.89. The van der Waals surface area contributed by atoms with E-state index in [1.165, 1.54) is 13.2 Å². The number of esters is 1. The number of anilines is 2. The summed E-state index contributed by atoms with van der Waals surface area (Å²) in [4.78, 5) is 11.3. The minimum absolute atomic E-state index is 0.247. The van der Waals surface area contributed by atoms with Crippen LogP contribution in [0.1, 0.15) is 10.4 Å². The van der Waals surface area contributed by atoms with E-state index in [-0.39, 0.29) is 6.54 Å². The third-order valence-corrected chi connectivity index (χ3v) is 3.01. The van der Waals surface area contributed by atoms with Crippen LogP contribution in [0.5, 0.6) is 0 Å². The average Bonchev–Trinajstić information content (AvgIpc) is 2.33. The van der Waals surface area contributed by atoms with E-state index in [2.05, 4.69) is 14.8 Å². The molecule has 1 aromatic carbocycles. The van der Waals surface area contributed by atoms with Crippen LogP contribution in [0.2, 0.25) is 0 Å². The maximum atomic E-state index is 11.3. The number of rotatable bonds is 6. The van der Waals surface area contributed by atoms with Crippen LogP contribution in [0.25, 0.3) is 0 Å². The topological polar surface area (TPSA) is 111 Å². The van der Waals surface area contributed by atoms with E-state index in [9.17, 15) is 13.2 Å². The van der Waals surface area contributed by atoms with Gasteiger partial charge in [-0.2, -0.15) is 0 Å². The summed E-state index contributed by atoms with van der Waals surface area (Å²) in [5.41, 5.74) is 7.15. The first-order chi connectivity index (χ1) is 8.83.